The molecule has 0 spiro atoms. The van der Waals surface area contributed by atoms with Crippen LogP contribution in [-0.2, 0) is 4.74 Å². The highest BCUT2D eigenvalue weighted by molar-refractivity contribution is 6.09. The van der Waals surface area contributed by atoms with Crippen molar-refractivity contribution in [2.24, 2.45) is 4.99 Å². The lowest BCUT2D eigenvalue weighted by Gasteiger charge is -2.14. The largest absolute Gasteiger partial charge is 0.407 e. The van der Waals surface area contributed by atoms with Crippen LogP contribution in [0, 0.1) is 12.7 Å². The van der Waals surface area contributed by atoms with Crippen molar-refractivity contribution < 1.29 is 18.7 Å². The fraction of sp³-hybridized carbons (Fsp3) is 0.100. The quantitative estimate of drug-likeness (QED) is 0.647. The lowest BCUT2D eigenvalue weighted by atomic mass is 10.1. The number of hydrogen-bond donors (Lipinski definition) is 0. The number of rotatable bonds is 2. The fourth-order valence-corrected chi connectivity index (χ4v) is 2.91. The molecule has 0 unspecified atom stereocenters. The van der Waals surface area contributed by atoms with Crippen LogP contribution in [0.25, 0.3) is 11.1 Å². The zero-order valence-corrected chi connectivity index (χ0v) is 14.3. The Labute approximate surface area is 153 Å². The predicted molar refractivity (Wildman–Crippen MR) is 96.6 cm³/mol. The van der Waals surface area contributed by atoms with E-state index in [9.17, 15) is 14.0 Å². The number of carbonyl (C=O) groups excluding carboxylic acids is 2. The molecule has 3 aromatic rings. The van der Waals surface area contributed by atoms with Crippen molar-refractivity contribution in [2.75, 3.05) is 0 Å². The molecule has 0 saturated heterocycles. The number of esters is 1. The van der Waals surface area contributed by atoms with Gasteiger partial charge in [0.1, 0.15) is 12.2 Å². The first-order valence-corrected chi connectivity index (χ1v) is 8.26. The third kappa shape index (κ3) is 3.15. The summed E-state index contributed by atoms with van der Waals surface area (Å²) in [5, 5.41) is 4.23. The maximum Gasteiger partial charge on any atom is 0.344 e. The van der Waals surface area contributed by atoms with Crippen LogP contribution in [0.5, 0.6) is 0 Å². The summed E-state index contributed by atoms with van der Waals surface area (Å²) in [6.45, 7) is 1.74. The topological polar surface area (TPSA) is 73.5 Å². The normalized spacial score (nSPS) is 13.1. The summed E-state index contributed by atoms with van der Waals surface area (Å²) >= 11 is 0. The molecule has 0 bridgehead atoms. The number of hydrogen-bond acceptors (Lipinski definition) is 5. The van der Waals surface area contributed by atoms with Crippen LogP contribution in [-0.4, -0.2) is 27.6 Å². The number of halogens is 1. The van der Waals surface area contributed by atoms with Crippen molar-refractivity contribution in [3.05, 3.63) is 71.7 Å². The minimum Gasteiger partial charge on any atom is -0.407 e. The minimum absolute atomic E-state index is 0.00427. The number of benzene rings is 2. The highest BCUT2D eigenvalue weighted by Gasteiger charge is 2.28. The molecule has 0 radical (unpaired) electrons. The summed E-state index contributed by atoms with van der Waals surface area (Å²) < 4.78 is 19.7. The van der Waals surface area contributed by atoms with Gasteiger partial charge in [-0.2, -0.15) is 14.8 Å². The molecule has 0 fully saturated rings. The van der Waals surface area contributed by atoms with E-state index in [1.54, 1.807) is 49.4 Å². The van der Waals surface area contributed by atoms with Crippen LogP contribution in [0.4, 0.5) is 10.2 Å². The van der Waals surface area contributed by atoms with Gasteiger partial charge in [0, 0.05) is 5.56 Å². The second-order valence-electron chi connectivity index (χ2n) is 6.03. The summed E-state index contributed by atoms with van der Waals surface area (Å²) in [5.41, 5.74) is 2.20. The number of aliphatic imine (C=N–C) groups is 1. The highest BCUT2D eigenvalue weighted by atomic mass is 19.1. The van der Waals surface area contributed by atoms with Crippen molar-refractivity contribution >= 4 is 23.6 Å². The van der Waals surface area contributed by atoms with E-state index in [-0.39, 0.29) is 29.9 Å². The first-order chi connectivity index (χ1) is 13.0. The molecule has 7 heteroatoms. The Morgan fingerprint density at radius 2 is 1.81 bits per heavy atom. The van der Waals surface area contributed by atoms with Crippen LogP contribution in [0.3, 0.4) is 0 Å². The smallest absolute Gasteiger partial charge is 0.344 e. The fourth-order valence-electron chi connectivity index (χ4n) is 2.91. The molecule has 0 aliphatic carbocycles. The Bertz CT molecular complexity index is 1070. The Morgan fingerprint density at radius 3 is 2.52 bits per heavy atom. The number of nitrogens with zero attached hydrogens (tertiary/aromatic N) is 3. The van der Waals surface area contributed by atoms with Gasteiger partial charge in [-0.15, -0.1) is 0 Å². The van der Waals surface area contributed by atoms with E-state index < -0.39 is 5.97 Å². The van der Waals surface area contributed by atoms with Crippen molar-refractivity contribution in [3.63, 3.8) is 0 Å². The zero-order chi connectivity index (χ0) is 19.0. The highest BCUT2D eigenvalue weighted by Crippen LogP contribution is 2.35. The zero-order valence-electron chi connectivity index (χ0n) is 14.3. The summed E-state index contributed by atoms with van der Waals surface area (Å²) in [4.78, 5) is 29.0. The summed E-state index contributed by atoms with van der Waals surface area (Å²) in [5.74, 6) is -1.03. The lowest BCUT2D eigenvalue weighted by Crippen LogP contribution is -2.24. The van der Waals surface area contributed by atoms with E-state index in [2.05, 4.69) is 10.1 Å². The van der Waals surface area contributed by atoms with Gasteiger partial charge in [-0.3, -0.25) is 4.79 Å². The molecule has 1 aliphatic heterocycles. The van der Waals surface area contributed by atoms with E-state index in [1.165, 1.54) is 16.8 Å². The van der Waals surface area contributed by atoms with Crippen LogP contribution >= 0.6 is 0 Å². The van der Waals surface area contributed by atoms with Crippen LogP contribution in [0.2, 0.25) is 0 Å². The Hall–Kier alpha value is -3.61. The van der Waals surface area contributed by atoms with Crippen LogP contribution < -0.4 is 0 Å². The summed E-state index contributed by atoms with van der Waals surface area (Å²) in [6, 6.07) is 14.3. The Kier molecular flexibility index (Phi) is 4.12. The molecule has 0 N–H and O–H groups in total. The van der Waals surface area contributed by atoms with Gasteiger partial charge in [-0.25, -0.2) is 9.18 Å². The van der Waals surface area contributed by atoms with Gasteiger partial charge in [-0.05, 0) is 36.8 Å². The van der Waals surface area contributed by atoms with E-state index in [0.29, 0.717) is 22.4 Å². The molecule has 0 atom stereocenters. The number of aromatic nitrogens is 2. The molecule has 2 heterocycles. The molecular weight excluding hydrogens is 349 g/mol. The van der Waals surface area contributed by atoms with Crippen LogP contribution in [0.1, 0.15) is 27.3 Å². The average Bonchev–Trinajstić information content (AvgIpc) is 3.00. The van der Waals surface area contributed by atoms with Gasteiger partial charge in [0.05, 0.1) is 11.3 Å². The van der Waals surface area contributed by atoms with E-state index in [1.807, 2.05) is 0 Å². The summed E-state index contributed by atoms with van der Waals surface area (Å²) in [7, 11) is 0. The van der Waals surface area contributed by atoms with Gasteiger partial charge >= 0.3 is 5.97 Å². The van der Waals surface area contributed by atoms with Gasteiger partial charge in [0.25, 0.3) is 5.91 Å². The van der Waals surface area contributed by atoms with E-state index in [4.69, 9.17) is 4.74 Å². The third-order valence-corrected chi connectivity index (χ3v) is 4.16. The van der Waals surface area contributed by atoms with E-state index in [0.717, 1.165) is 0 Å². The molecule has 2 aromatic carbocycles. The number of aryl methyl sites for hydroxylation is 1. The molecule has 1 aliphatic rings. The van der Waals surface area contributed by atoms with Crippen LogP contribution in [0.15, 0.2) is 59.6 Å². The van der Waals surface area contributed by atoms with Crippen molar-refractivity contribution in [3.8, 4) is 11.1 Å². The standard InChI is InChI=1S/C20H14FN3O3/c1-12-18(13-7-9-15(21)10-8-13)19-22-16(11-17(25)24(19)23-12)27-20(26)14-5-3-2-4-6-14/h2-10H,11H2,1H3. The van der Waals surface area contributed by atoms with Gasteiger partial charge in [-0.1, -0.05) is 30.3 Å². The Morgan fingerprint density at radius 1 is 1.11 bits per heavy atom. The second-order valence-corrected chi connectivity index (χ2v) is 6.03. The van der Waals surface area contributed by atoms with Gasteiger partial charge < -0.3 is 4.74 Å². The SMILES string of the molecule is Cc1nn2c(c1-c1ccc(F)cc1)N=C(OC(=O)c1ccccc1)CC2=O. The molecular formula is C20H14FN3O3. The van der Waals surface area contributed by atoms with Crippen molar-refractivity contribution in [1.29, 1.82) is 0 Å². The molecule has 4 rings (SSSR count). The predicted octanol–water partition coefficient (Wildman–Crippen LogP) is 3.93. The maximum absolute atomic E-state index is 13.2. The summed E-state index contributed by atoms with van der Waals surface area (Å²) in [6.07, 6.45) is -0.171. The molecule has 0 saturated carbocycles. The second kappa shape index (κ2) is 6.60. The molecule has 134 valence electrons. The average molecular weight is 363 g/mol. The third-order valence-electron chi connectivity index (χ3n) is 4.16. The van der Waals surface area contributed by atoms with Crippen molar-refractivity contribution in [2.45, 2.75) is 13.3 Å². The first kappa shape index (κ1) is 16.8. The minimum atomic E-state index is -0.588. The number of carbonyl (C=O) groups is 2. The maximum atomic E-state index is 13.2. The van der Waals surface area contributed by atoms with Gasteiger partial charge in [0.15, 0.2) is 5.82 Å². The molecule has 27 heavy (non-hydrogen) atoms. The first-order valence-electron chi connectivity index (χ1n) is 8.26. The van der Waals surface area contributed by atoms with E-state index >= 15 is 0 Å². The monoisotopic (exact) mass is 363 g/mol. The van der Waals surface area contributed by atoms with Gasteiger partial charge in [0.2, 0.25) is 5.90 Å². The van der Waals surface area contributed by atoms with Crippen molar-refractivity contribution in [1.82, 2.24) is 9.78 Å². The number of ether oxygens (including phenoxy) is 1. The number of fused-ring (bicyclic) bond motifs is 1. The molecule has 0 amide bonds. The molecule has 1 aromatic heterocycles. The molecule has 6 nitrogen and oxygen atoms in total. The Balaban J connectivity index is 1.72. The lowest BCUT2D eigenvalue weighted by molar-refractivity contribution is 0.0706.